The number of hydrogen-bond donors (Lipinski definition) is 8. The van der Waals surface area contributed by atoms with Crippen molar-refractivity contribution >= 4 is 24.8 Å². The van der Waals surface area contributed by atoms with Crippen LogP contribution in [0.4, 0.5) is 5.82 Å². The molecule has 0 spiro atoms. The van der Waals surface area contributed by atoms with Crippen molar-refractivity contribution in [2.75, 3.05) is 19.0 Å². The number of benzene rings is 1. The third kappa shape index (κ3) is 4.68. The lowest BCUT2D eigenvalue weighted by molar-refractivity contribution is -0.0511. The van der Waals surface area contributed by atoms with Gasteiger partial charge in [-0.3, -0.25) is 14.4 Å². The van der Waals surface area contributed by atoms with Crippen LogP contribution in [0.2, 0.25) is 0 Å². The van der Waals surface area contributed by atoms with Gasteiger partial charge < -0.3 is 44.8 Å². The number of nitrogens with one attached hydrogen (secondary N) is 1. The van der Waals surface area contributed by atoms with Gasteiger partial charge in [-0.1, -0.05) is 0 Å². The van der Waals surface area contributed by atoms with Crippen LogP contribution in [0.3, 0.4) is 0 Å². The number of nitrogens with zero attached hydrogens (tertiary/aromatic N) is 4. The van der Waals surface area contributed by atoms with Crippen LogP contribution in [-0.4, -0.2) is 86.9 Å². The smallest absolute Gasteiger partial charge is 0.507 e. The SMILES string of the molecule is COc1cc(O)c(CNc2ncnc3c2ncn3[C@@H]2O[C@H](CO)[C@@H](O)[C@H]2O)c(O)c1OP(=O)(O)O. The fraction of sp³-hybridized carbons (Fsp3) is 0.389. The number of aliphatic hydroxyl groups excluding tert-OH is 3. The first-order valence-corrected chi connectivity index (χ1v) is 11.5. The lowest BCUT2D eigenvalue weighted by atomic mass is 10.1. The Bertz CT molecular complexity index is 1280. The first-order chi connectivity index (χ1) is 16.6. The molecular weight excluding hydrogens is 493 g/mol. The van der Waals surface area contributed by atoms with Gasteiger partial charge in [-0.05, 0) is 0 Å². The Morgan fingerprint density at radius 2 is 1.94 bits per heavy atom. The highest BCUT2D eigenvalue weighted by molar-refractivity contribution is 7.46. The molecule has 4 rings (SSSR count). The minimum atomic E-state index is -5.06. The van der Waals surface area contributed by atoms with Crippen molar-refractivity contribution in [3.63, 3.8) is 0 Å². The van der Waals surface area contributed by atoms with E-state index in [1.165, 1.54) is 17.2 Å². The maximum absolute atomic E-state index is 11.3. The Morgan fingerprint density at radius 3 is 2.57 bits per heavy atom. The zero-order valence-corrected chi connectivity index (χ0v) is 18.8. The highest BCUT2D eigenvalue weighted by Gasteiger charge is 2.44. The van der Waals surface area contributed by atoms with Crippen LogP contribution < -0.4 is 14.6 Å². The Hall–Kier alpha value is -3.24. The van der Waals surface area contributed by atoms with Gasteiger partial charge in [-0.15, -0.1) is 0 Å². The minimum absolute atomic E-state index is 0.132. The zero-order chi connectivity index (χ0) is 25.5. The maximum Gasteiger partial charge on any atom is 0.525 e. The van der Waals surface area contributed by atoms with Crippen LogP contribution in [0.15, 0.2) is 18.7 Å². The molecule has 4 atom stereocenters. The summed E-state index contributed by atoms with van der Waals surface area (Å²) in [6.45, 7) is -0.808. The van der Waals surface area contributed by atoms with Crippen LogP contribution in [0.5, 0.6) is 23.0 Å². The van der Waals surface area contributed by atoms with E-state index in [2.05, 4.69) is 24.8 Å². The average Bonchev–Trinajstić information content (AvgIpc) is 3.36. The van der Waals surface area contributed by atoms with E-state index >= 15 is 0 Å². The highest BCUT2D eigenvalue weighted by atomic mass is 31.2. The number of phosphoric ester groups is 1. The molecule has 0 bridgehead atoms. The molecule has 17 heteroatoms. The molecule has 0 amide bonds. The van der Waals surface area contributed by atoms with Crippen molar-refractivity contribution < 1.29 is 53.9 Å². The molecule has 0 radical (unpaired) electrons. The molecule has 3 aromatic rings. The predicted octanol–water partition coefficient (Wildman–Crippen LogP) is -1.06. The van der Waals surface area contributed by atoms with Crippen LogP contribution >= 0.6 is 7.82 Å². The van der Waals surface area contributed by atoms with E-state index in [4.69, 9.17) is 19.3 Å². The molecule has 1 aliphatic rings. The Kier molecular flexibility index (Phi) is 6.70. The predicted molar refractivity (Wildman–Crippen MR) is 115 cm³/mol. The molecule has 190 valence electrons. The monoisotopic (exact) mass is 515 g/mol. The molecule has 3 heterocycles. The summed E-state index contributed by atoms with van der Waals surface area (Å²) in [6.07, 6.45) is -2.32. The number of aromatic nitrogens is 4. The largest absolute Gasteiger partial charge is 0.525 e. The van der Waals surface area contributed by atoms with Gasteiger partial charge in [0, 0.05) is 12.6 Å². The summed E-state index contributed by atoms with van der Waals surface area (Å²) in [7, 11) is -3.91. The molecular formula is C18H22N5O11P. The number of hydrogen-bond acceptors (Lipinski definition) is 13. The number of phenols is 2. The summed E-state index contributed by atoms with van der Waals surface area (Å²) in [5, 5.41) is 53.2. The summed E-state index contributed by atoms with van der Waals surface area (Å²) in [5.41, 5.74) is 0.208. The van der Waals surface area contributed by atoms with E-state index in [0.717, 1.165) is 13.2 Å². The van der Waals surface area contributed by atoms with Crippen molar-refractivity contribution in [3.05, 3.63) is 24.3 Å². The van der Waals surface area contributed by atoms with Crippen LogP contribution in [0.1, 0.15) is 11.8 Å². The standard InChI is InChI=1S/C18H22N5O11P/c1-32-9-2-8(25)7(12(26)15(9)34-35(29,30)31)3-19-16-11-17(21-5-20-16)23(6-22-11)18-14(28)13(27)10(4-24)33-18/h2,5-6,10,13-14,18,24-28H,3-4H2,1H3,(H,19,20,21)(H2,29,30,31)/t10-,13-,14-,18-/m1/s1. The van der Waals surface area contributed by atoms with Crippen molar-refractivity contribution in [1.82, 2.24) is 19.5 Å². The lowest BCUT2D eigenvalue weighted by Gasteiger charge is -2.17. The molecule has 35 heavy (non-hydrogen) atoms. The molecule has 0 saturated carbocycles. The topological polar surface area (TPSA) is 242 Å². The summed E-state index contributed by atoms with van der Waals surface area (Å²) in [4.78, 5) is 30.6. The van der Waals surface area contributed by atoms with Crippen molar-refractivity contribution in [2.24, 2.45) is 0 Å². The van der Waals surface area contributed by atoms with E-state index < -0.39 is 56.2 Å². The molecule has 1 aromatic carbocycles. The van der Waals surface area contributed by atoms with E-state index in [0.29, 0.717) is 0 Å². The van der Waals surface area contributed by atoms with Gasteiger partial charge >= 0.3 is 7.82 Å². The Balaban J connectivity index is 1.64. The number of rotatable bonds is 8. The van der Waals surface area contributed by atoms with Crippen LogP contribution in [-0.2, 0) is 15.8 Å². The third-order valence-electron chi connectivity index (χ3n) is 5.31. The molecule has 16 nitrogen and oxygen atoms in total. The van der Waals surface area contributed by atoms with Gasteiger partial charge in [0.25, 0.3) is 0 Å². The summed E-state index contributed by atoms with van der Waals surface area (Å²) in [6, 6.07) is 1.01. The number of methoxy groups -OCH3 is 1. The third-order valence-corrected chi connectivity index (χ3v) is 5.73. The molecule has 2 aromatic heterocycles. The van der Waals surface area contributed by atoms with Gasteiger partial charge in [0.15, 0.2) is 34.7 Å². The maximum atomic E-state index is 11.3. The summed E-state index contributed by atoms with van der Waals surface area (Å²) < 4.78 is 27.5. The number of aliphatic hydroxyl groups is 3. The average molecular weight is 515 g/mol. The van der Waals surface area contributed by atoms with Crippen molar-refractivity contribution in [1.29, 1.82) is 0 Å². The minimum Gasteiger partial charge on any atom is -0.507 e. The number of anilines is 1. The highest BCUT2D eigenvalue weighted by Crippen LogP contribution is 2.50. The fourth-order valence-corrected chi connectivity index (χ4v) is 4.05. The first-order valence-electron chi connectivity index (χ1n) is 9.96. The van der Waals surface area contributed by atoms with Crippen molar-refractivity contribution in [3.8, 4) is 23.0 Å². The molecule has 1 saturated heterocycles. The summed E-state index contributed by atoms with van der Waals surface area (Å²) >= 11 is 0. The Labute approximate surface area is 196 Å². The number of imidazole rings is 1. The second kappa shape index (κ2) is 9.43. The molecule has 1 fully saturated rings. The normalized spacial score (nSPS) is 22.5. The number of phenolic OH excluding ortho intramolecular Hbond substituents is 2. The van der Waals surface area contributed by atoms with Crippen molar-refractivity contribution in [2.45, 2.75) is 31.1 Å². The van der Waals surface area contributed by atoms with Gasteiger partial charge in [0.2, 0.25) is 5.75 Å². The number of aromatic hydroxyl groups is 2. The van der Waals surface area contributed by atoms with E-state index in [1.54, 1.807) is 0 Å². The second-order valence-corrected chi connectivity index (χ2v) is 8.63. The summed E-state index contributed by atoms with van der Waals surface area (Å²) in [5.74, 6) is -2.09. The molecule has 0 aliphatic carbocycles. The van der Waals surface area contributed by atoms with E-state index in [9.17, 15) is 30.1 Å². The van der Waals surface area contributed by atoms with E-state index in [1.807, 2.05) is 0 Å². The van der Waals surface area contributed by atoms with Crippen LogP contribution in [0, 0.1) is 0 Å². The van der Waals surface area contributed by atoms with Gasteiger partial charge in [-0.25, -0.2) is 19.5 Å². The van der Waals surface area contributed by atoms with Gasteiger partial charge in [0.1, 0.15) is 30.4 Å². The molecule has 0 unspecified atom stereocenters. The van der Waals surface area contributed by atoms with Gasteiger partial charge in [-0.2, -0.15) is 0 Å². The molecule has 1 aliphatic heterocycles. The molecule has 8 N–H and O–H groups in total. The zero-order valence-electron chi connectivity index (χ0n) is 18.0. The van der Waals surface area contributed by atoms with Gasteiger partial charge in [0.05, 0.1) is 25.6 Å². The Morgan fingerprint density at radius 1 is 1.20 bits per heavy atom. The number of fused-ring (bicyclic) bond motifs is 1. The first kappa shape index (κ1) is 24.9. The number of ether oxygens (including phenoxy) is 2. The number of phosphoric acid groups is 1. The lowest BCUT2D eigenvalue weighted by Crippen LogP contribution is -2.33. The second-order valence-electron chi connectivity index (χ2n) is 7.46. The fourth-order valence-electron chi connectivity index (χ4n) is 3.63. The van der Waals surface area contributed by atoms with Crippen LogP contribution in [0.25, 0.3) is 11.2 Å². The van der Waals surface area contributed by atoms with E-state index in [-0.39, 0.29) is 34.8 Å². The quantitative estimate of drug-likeness (QED) is 0.167.